The normalized spacial score (nSPS) is 14.2. The summed E-state index contributed by atoms with van der Waals surface area (Å²) in [5.74, 6) is 0.757. The summed E-state index contributed by atoms with van der Waals surface area (Å²) in [6, 6.07) is 32.8. The molecular formula is C37H29N3O5S. The fourth-order valence-electron chi connectivity index (χ4n) is 5.23. The molecule has 1 aliphatic rings. The van der Waals surface area contributed by atoms with E-state index in [1.54, 1.807) is 48.9 Å². The van der Waals surface area contributed by atoms with Gasteiger partial charge in [0.1, 0.15) is 18.1 Å². The summed E-state index contributed by atoms with van der Waals surface area (Å²) in [7, 11) is 1.59. The number of benzene rings is 4. The number of carbonyl (C=O) groups excluding carboxylic acids is 1. The van der Waals surface area contributed by atoms with Crippen LogP contribution in [0.2, 0.25) is 0 Å². The summed E-state index contributed by atoms with van der Waals surface area (Å²) >= 11 is 1.26. The molecule has 0 aliphatic carbocycles. The molecule has 0 bridgehead atoms. The highest BCUT2D eigenvalue weighted by Crippen LogP contribution is 2.35. The minimum Gasteiger partial charge on any atom is -0.497 e. The standard InChI is InChI=1S/C37H29N3O5S/c1-3-44-36(42)32-33(27-9-5-4-6-10-27)39-37-40(34(32)28-16-18-29(43-2)19-17-28)35(41)31(46-37)21-26-8-7-11-30(20-26)45-23-25-14-12-24(22-38)13-15-25/h4-21,34H,3,23H2,1-2H3/b31-21-/t34-/m0/s1. The molecule has 0 spiro atoms. The first-order valence-corrected chi connectivity index (χ1v) is 15.4. The fraction of sp³-hybridized carbons (Fsp3) is 0.135. The number of hydrogen-bond acceptors (Lipinski definition) is 8. The average Bonchev–Trinajstić information content (AvgIpc) is 3.41. The molecule has 228 valence electrons. The van der Waals surface area contributed by atoms with Gasteiger partial charge in [0, 0.05) is 5.56 Å². The van der Waals surface area contributed by atoms with Crippen molar-refractivity contribution in [1.82, 2.24) is 4.57 Å². The number of hydrogen-bond donors (Lipinski definition) is 0. The van der Waals surface area contributed by atoms with Gasteiger partial charge in [-0.25, -0.2) is 9.79 Å². The van der Waals surface area contributed by atoms with Crippen LogP contribution < -0.4 is 24.4 Å². The molecule has 2 heterocycles. The predicted octanol–water partition coefficient (Wildman–Crippen LogP) is 5.39. The number of ether oxygens (including phenoxy) is 3. The molecule has 6 rings (SSSR count). The minimum atomic E-state index is -0.777. The number of methoxy groups -OCH3 is 1. The van der Waals surface area contributed by atoms with Gasteiger partial charge in [0.2, 0.25) is 0 Å². The zero-order chi connectivity index (χ0) is 32.0. The van der Waals surface area contributed by atoms with Gasteiger partial charge in [-0.15, -0.1) is 0 Å². The molecule has 0 saturated heterocycles. The van der Waals surface area contributed by atoms with E-state index in [2.05, 4.69) is 6.07 Å². The van der Waals surface area contributed by atoms with Crippen LogP contribution in [-0.2, 0) is 16.1 Å². The second-order valence-corrected chi connectivity index (χ2v) is 11.4. The third-order valence-corrected chi connectivity index (χ3v) is 8.43. The van der Waals surface area contributed by atoms with E-state index in [-0.39, 0.29) is 17.7 Å². The van der Waals surface area contributed by atoms with Gasteiger partial charge in [-0.05, 0) is 66.1 Å². The Bertz CT molecular complexity index is 2140. The van der Waals surface area contributed by atoms with Crippen molar-refractivity contribution in [2.75, 3.05) is 13.7 Å². The molecule has 0 amide bonds. The smallest absolute Gasteiger partial charge is 0.338 e. The summed E-state index contributed by atoms with van der Waals surface area (Å²) in [5.41, 5.74) is 4.24. The summed E-state index contributed by atoms with van der Waals surface area (Å²) < 4.78 is 18.9. The molecular weight excluding hydrogens is 598 g/mol. The number of aromatic nitrogens is 1. The van der Waals surface area contributed by atoms with Crippen molar-refractivity contribution in [2.45, 2.75) is 19.6 Å². The van der Waals surface area contributed by atoms with Crippen molar-refractivity contribution in [3.8, 4) is 17.6 Å². The lowest BCUT2D eigenvalue weighted by Gasteiger charge is -2.26. The van der Waals surface area contributed by atoms with E-state index < -0.39 is 12.0 Å². The molecule has 0 N–H and O–H groups in total. The number of nitriles is 1. The second kappa shape index (κ2) is 13.5. The van der Waals surface area contributed by atoms with Gasteiger partial charge in [0.05, 0.1) is 47.2 Å². The Kier molecular flexibility index (Phi) is 8.90. The van der Waals surface area contributed by atoms with Gasteiger partial charge in [-0.2, -0.15) is 5.26 Å². The molecule has 1 aliphatic heterocycles. The zero-order valence-corrected chi connectivity index (χ0v) is 26.0. The van der Waals surface area contributed by atoms with Crippen LogP contribution in [0.1, 0.15) is 40.8 Å². The maximum Gasteiger partial charge on any atom is 0.338 e. The van der Waals surface area contributed by atoms with Gasteiger partial charge < -0.3 is 14.2 Å². The third kappa shape index (κ3) is 6.25. The lowest BCUT2D eigenvalue weighted by atomic mass is 9.93. The Morgan fingerprint density at radius 1 is 0.978 bits per heavy atom. The molecule has 1 atom stereocenters. The zero-order valence-electron chi connectivity index (χ0n) is 25.2. The monoisotopic (exact) mass is 627 g/mol. The van der Waals surface area contributed by atoms with Crippen LogP contribution in [0.5, 0.6) is 11.5 Å². The predicted molar refractivity (Wildman–Crippen MR) is 176 cm³/mol. The van der Waals surface area contributed by atoms with Crippen LogP contribution in [0, 0.1) is 11.3 Å². The van der Waals surface area contributed by atoms with E-state index in [0.717, 1.165) is 22.3 Å². The van der Waals surface area contributed by atoms with Crippen LogP contribution in [0.15, 0.2) is 118 Å². The minimum absolute atomic E-state index is 0.174. The van der Waals surface area contributed by atoms with E-state index in [9.17, 15) is 9.59 Å². The Hall–Kier alpha value is -5.72. The molecule has 1 aromatic heterocycles. The molecule has 0 unspecified atom stereocenters. The second-order valence-electron chi connectivity index (χ2n) is 10.4. The molecule has 4 aromatic carbocycles. The van der Waals surface area contributed by atoms with Gasteiger partial charge in [-0.3, -0.25) is 9.36 Å². The summed E-state index contributed by atoms with van der Waals surface area (Å²) in [6.07, 6.45) is 1.81. The van der Waals surface area contributed by atoms with Crippen LogP contribution in [0.25, 0.3) is 11.8 Å². The molecule has 0 saturated carbocycles. The quantitative estimate of drug-likeness (QED) is 0.203. The lowest BCUT2D eigenvalue weighted by Crippen LogP contribution is -2.40. The third-order valence-electron chi connectivity index (χ3n) is 7.45. The Balaban J connectivity index is 1.45. The maximum absolute atomic E-state index is 14.2. The number of carbonyl (C=O) groups is 1. The lowest BCUT2D eigenvalue weighted by molar-refractivity contribution is -0.138. The highest BCUT2D eigenvalue weighted by molar-refractivity contribution is 7.07. The van der Waals surface area contributed by atoms with Crippen LogP contribution >= 0.6 is 11.3 Å². The first-order chi connectivity index (χ1) is 22.5. The SMILES string of the molecule is CCOC(=O)C1=C(c2ccccc2)N=c2s/c(=C\c3cccc(OCc4ccc(C#N)cc4)c3)c(=O)n2[C@H]1c1ccc(OC)cc1. The molecule has 0 fully saturated rings. The average molecular weight is 628 g/mol. The van der Waals surface area contributed by atoms with Crippen LogP contribution in [0.3, 0.4) is 0 Å². The van der Waals surface area contributed by atoms with Gasteiger partial charge >= 0.3 is 5.97 Å². The first-order valence-electron chi connectivity index (χ1n) is 14.6. The first kappa shape index (κ1) is 30.3. The van der Waals surface area contributed by atoms with E-state index in [1.807, 2.05) is 78.9 Å². The van der Waals surface area contributed by atoms with Crippen molar-refractivity contribution >= 4 is 29.1 Å². The van der Waals surface area contributed by atoms with Gasteiger partial charge in [-0.1, -0.05) is 78.1 Å². The van der Waals surface area contributed by atoms with E-state index in [4.69, 9.17) is 24.5 Å². The number of nitrogens with zero attached hydrogens (tertiary/aromatic N) is 3. The number of esters is 1. The van der Waals surface area contributed by atoms with Crippen molar-refractivity contribution < 1.29 is 19.0 Å². The maximum atomic E-state index is 14.2. The number of thiazole rings is 1. The number of rotatable bonds is 9. The highest BCUT2D eigenvalue weighted by atomic mass is 32.1. The van der Waals surface area contributed by atoms with Gasteiger partial charge in [0.15, 0.2) is 4.80 Å². The summed E-state index contributed by atoms with van der Waals surface area (Å²) in [4.78, 5) is 33.2. The van der Waals surface area contributed by atoms with E-state index in [0.29, 0.717) is 38.7 Å². The van der Waals surface area contributed by atoms with Crippen LogP contribution in [-0.4, -0.2) is 24.3 Å². The van der Waals surface area contributed by atoms with Crippen molar-refractivity contribution in [2.24, 2.45) is 4.99 Å². The summed E-state index contributed by atoms with van der Waals surface area (Å²) in [6.45, 7) is 2.26. The van der Waals surface area contributed by atoms with E-state index >= 15 is 0 Å². The largest absolute Gasteiger partial charge is 0.497 e. The molecule has 46 heavy (non-hydrogen) atoms. The molecule has 0 radical (unpaired) electrons. The van der Waals surface area contributed by atoms with Crippen molar-refractivity contribution in [1.29, 1.82) is 5.26 Å². The summed E-state index contributed by atoms with van der Waals surface area (Å²) in [5, 5.41) is 9.04. The molecule has 5 aromatic rings. The van der Waals surface area contributed by atoms with Crippen molar-refractivity contribution in [3.63, 3.8) is 0 Å². The van der Waals surface area contributed by atoms with Gasteiger partial charge in [0.25, 0.3) is 5.56 Å². The van der Waals surface area contributed by atoms with Crippen molar-refractivity contribution in [3.05, 3.63) is 156 Å². The Morgan fingerprint density at radius 3 is 2.43 bits per heavy atom. The molecule has 8 nitrogen and oxygen atoms in total. The number of fused-ring (bicyclic) bond motifs is 1. The van der Waals surface area contributed by atoms with E-state index in [1.165, 1.54) is 11.3 Å². The van der Waals surface area contributed by atoms with Crippen LogP contribution in [0.4, 0.5) is 0 Å². The Morgan fingerprint density at radius 2 is 1.74 bits per heavy atom. The Labute approximate surface area is 269 Å². The fourth-order valence-corrected chi connectivity index (χ4v) is 6.23. The highest BCUT2D eigenvalue weighted by Gasteiger charge is 2.35. The molecule has 9 heteroatoms. The topological polar surface area (TPSA) is 103 Å².